The van der Waals surface area contributed by atoms with Crippen LogP contribution in [0.2, 0.25) is 10.0 Å². The maximum Gasteiger partial charge on any atom is 0.242 e. The van der Waals surface area contributed by atoms with Crippen molar-refractivity contribution in [1.82, 2.24) is 10.2 Å². The fourth-order valence-corrected chi connectivity index (χ4v) is 3.43. The first-order chi connectivity index (χ1) is 13.3. The van der Waals surface area contributed by atoms with Gasteiger partial charge < -0.3 is 10.2 Å². The molecule has 0 aromatic heterocycles. The SMILES string of the molecule is CCCNC(=O)[C@H](C)N(Cc1ccc(Br)cc1)C(=O)Cc1ccc(Cl)cc1Cl. The van der Waals surface area contributed by atoms with E-state index in [2.05, 4.69) is 21.2 Å². The van der Waals surface area contributed by atoms with E-state index in [1.165, 1.54) is 0 Å². The van der Waals surface area contributed by atoms with Crippen molar-refractivity contribution in [2.24, 2.45) is 0 Å². The first-order valence-corrected chi connectivity index (χ1v) is 10.6. The molecule has 2 aromatic rings. The summed E-state index contributed by atoms with van der Waals surface area (Å²) in [6.07, 6.45) is 0.928. The summed E-state index contributed by atoms with van der Waals surface area (Å²) in [5.41, 5.74) is 1.62. The van der Waals surface area contributed by atoms with E-state index in [0.717, 1.165) is 16.5 Å². The van der Waals surface area contributed by atoms with Gasteiger partial charge in [-0.15, -0.1) is 0 Å². The van der Waals surface area contributed by atoms with Crippen molar-refractivity contribution in [1.29, 1.82) is 0 Å². The lowest BCUT2D eigenvalue weighted by Crippen LogP contribution is -2.48. The second-order valence-corrected chi connectivity index (χ2v) is 8.29. The predicted octanol–water partition coefficient (Wildman–Crippen LogP) is 5.24. The van der Waals surface area contributed by atoms with Crippen LogP contribution in [0.25, 0.3) is 0 Å². The summed E-state index contributed by atoms with van der Waals surface area (Å²) in [6, 6.07) is 12.1. The number of hydrogen-bond acceptors (Lipinski definition) is 2. The van der Waals surface area contributed by atoms with E-state index in [-0.39, 0.29) is 18.2 Å². The Bertz CT molecular complexity index is 828. The maximum absolute atomic E-state index is 13.1. The lowest BCUT2D eigenvalue weighted by molar-refractivity contribution is -0.140. The molecule has 2 aromatic carbocycles. The van der Waals surface area contributed by atoms with Crippen LogP contribution in [0.1, 0.15) is 31.4 Å². The van der Waals surface area contributed by atoms with Crippen LogP contribution in [0.5, 0.6) is 0 Å². The smallest absolute Gasteiger partial charge is 0.242 e. The summed E-state index contributed by atoms with van der Waals surface area (Å²) >= 11 is 15.6. The summed E-state index contributed by atoms with van der Waals surface area (Å²) in [7, 11) is 0. The molecule has 28 heavy (non-hydrogen) atoms. The average molecular weight is 486 g/mol. The molecule has 1 N–H and O–H groups in total. The van der Waals surface area contributed by atoms with Gasteiger partial charge in [-0.3, -0.25) is 9.59 Å². The Hall–Kier alpha value is -1.56. The molecule has 0 bridgehead atoms. The van der Waals surface area contributed by atoms with Crippen LogP contribution in [-0.4, -0.2) is 29.3 Å². The van der Waals surface area contributed by atoms with Crippen LogP contribution in [0.15, 0.2) is 46.9 Å². The van der Waals surface area contributed by atoms with Gasteiger partial charge in [-0.25, -0.2) is 0 Å². The first-order valence-electron chi connectivity index (χ1n) is 9.07. The Morgan fingerprint density at radius 2 is 1.82 bits per heavy atom. The summed E-state index contributed by atoms with van der Waals surface area (Å²) in [5, 5.41) is 3.81. The van der Waals surface area contributed by atoms with Crippen LogP contribution in [0.3, 0.4) is 0 Å². The zero-order valence-corrected chi connectivity index (χ0v) is 18.9. The monoisotopic (exact) mass is 484 g/mol. The van der Waals surface area contributed by atoms with Crippen LogP contribution < -0.4 is 5.32 Å². The third-order valence-corrected chi connectivity index (χ3v) is 5.46. The largest absolute Gasteiger partial charge is 0.354 e. The number of carbonyl (C=O) groups excluding carboxylic acids is 2. The van der Waals surface area contributed by atoms with Crippen molar-refractivity contribution in [3.05, 3.63) is 68.1 Å². The number of nitrogens with zero attached hydrogens (tertiary/aromatic N) is 1. The number of amides is 2. The number of carbonyl (C=O) groups is 2. The molecule has 0 unspecified atom stereocenters. The van der Waals surface area contributed by atoms with Crippen LogP contribution in [0.4, 0.5) is 0 Å². The van der Waals surface area contributed by atoms with Gasteiger partial charge in [0.15, 0.2) is 0 Å². The second kappa shape index (κ2) is 10.8. The number of hydrogen-bond donors (Lipinski definition) is 1. The van der Waals surface area contributed by atoms with Gasteiger partial charge >= 0.3 is 0 Å². The van der Waals surface area contributed by atoms with E-state index in [4.69, 9.17) is 23.2 Å². The molecule has 0 fully saturated rings. The highest BCUT2D eigenvalue weighted by Crippen LogP contribution is 2.23. The number of nitrogens with one attached hydrogen (secondary N) is 1. The van der Waals surface area contributed by atoms with E-state index in [0.29, 0.717) is 28.7 Å². The fourth-order valence-electron chi connectivity index (χ4n) is 2.69. The van der Waals surface area contributed by atoms with Gasteiger partial charge in [-0.05, 0) is 48.7 Å². The van der Waals surface area contributed by atoms with Crippen LogP contribution in [0, 0.1) is 0 Å². The van der Waals surface area contributed by atoms with Gasteiger partial charge in [0.2, 0.25) is 11.8 Å². The quantitative estimate of drug-likeness (QED) is 0.555. The molecule has 0 saturated carbocycles. The molecule has 2 amide bonds. The molecule has 7 heteroatoms. The number of rotatable bonds is 8. The van der Waals surface area contributed by atoms with Crippen molar-refractivity contribution in [2.75, 3.05) is 6.54 Å². The van der Waals surface area contributed by atoms with E-state index in [9.17, 15) is 9.59 Å². The van der Waals surface area contributed by atoms with E-state index in [1.54, 1.807) is 30.0 Å². The third-order valence-electron chi connectivity index (χ3n) is 4.34. The third kappa shape index (κ3) is 6.50. The molecule has 0 spiro atoms. The molecule has 2 rings (SSSR count). The van der Waals surface area contributed by atoms with Gasteiger partial charge in [-0.2, -0.15) is 0 Å². The number of benzene rings is 2. The first kappa shape index (κ1) is 22.7. The molecule has 0 aliphatic heterocycles. The van der Waals surface area contributed by atoms with E-state index >= 15 is 0 Å². The minimum atomic E-state index is -0.603. The van der Waals surface area contributed by atoms with E-state index in [1.807, 2.05) is 31.2 Å². The lowest BCUT2D eigenvalue weighted by atomic mass is 10.1. The molecule has 0 aliphatic rings. The van der Waals surface area contributed by atoms with Gasteiger partial charge in [0.25, 0.3) is 0 Å². The van der Waals surface area contributed by atoms with E-state index < -0.39 is 6.04 Å². The fraction of sp³-hybridized carbons (Fsp3) is 0.333. The summed E-state index contributed by atoms with van der Waals surface area (Å²) in [6.45, 7) is 4.63. The summed E-state index contributed by atoms with van der Waals surface area (Å²) in [5.74, 6) is -0.346. The van der Waals surface area contributed by atoms with Crippen LogP contribution in [-0.2, 0) is 22.6 Å². The molecular weight excluding hydrogens is 463 g/mol. The average Bonchev–Trinajstić information content (AvgIpc) is 2.67. The highest BCUT2D eigenvalue weighted by molar-refractivity contribution is 9.10. The van der Waals surface area contributed by atoms with Gasteiger partial charge in [0.1, 0.15) is 6.04 Å². The van der Waals surface area contributed by atoms with Crippen molar-refractivity contribution < 1.29 is 9.59 Å². The van der Waals surface area contributed by atoms with Crippen molar-refractivity contribution >= 4 is 50.9 Å². The van der Waals surface area contributed by atoms with Crippen molar-refractivity contribution in [3.8, 4) is 0 Å². The standard InChI is InChI=1S/C21H23BrCl2N2O2/c1-3-10-25-21(28)14(2)26(13-15-4-7-17(22)8-5-15)20(27)11-16-6-9-18(23)12-19(16)24/h4-9,12,14H,3,10-11,13H2,1-2H3,(H,25,28)/t14-/m0/s1. The molecule has 1 atom stereocenters. The highest BCUT2D eigenvalue weighted by Gasteiger charge is 2.26. The maximum atomic E-state index is 13.1. The zero-order valence-electron chi connectivity index (χ0n) is 15.8. The summed E-state index contributed by atoms with van der Waals surface area (Å²) in [4.78, 5) is 27.2. The van der Waals surface area contributed by atoms with Gasteiger partial charge in [-0.1, -0.05) is 64.3 Å². The van der Waals surface area contributed by atoms with Crippen molar-refractivity contribution in [3.63, 3.8) is 0 Å². The Balaban J connectivity index is 2.23. The molecule has 0 radical (unpaired) electrons. The highest BCUT2D eigenvalue weighted by atomic mass is 79.9. The molecular formula is C21H23BrCl2N2O2. The Kier molecular flexibility index (Phi) is 8.80. The molecule has 0 aliphatic carbocycles. The van der Waals surface area contributed by atoms with Crippen LogP contribution >= 0.6 is 39.1 Å². The molecule has 0 saturated heterocycles. The predicted molar refractivity (Wildman–Crippen MR) is 118 cm³/mol. The molecule has 0 heterocycles. The second-order valence-electron chi connectivity index (χ2n) is 6.53. The normalized spacial score (nSPS) is 11.8. The zero-order chi connectivity index (χ0) is 20.7. The number of halogens is 3. The Morgan fingerprint density at radius 3 is 2.43 bits per heavy atom. The summed E-state index contributed by atoms with van der Waals surface area (Å²) < 4.78 is 0.954. The minimum absolute atomic E-state index is 0.0952. The molecule has 4 nitrogen and oxygen atoms in total. The minimum Gasteiger partial charge on any atom is -0.354 e. The van der Waals surface area contributed by atoms with Gasteiger partial charge in [0.05, 0.1) is 6.42 Å². The lowest BCUT2D eigenvalue weighted by Gasteiger charge is -2.29. The van der Waals surface area contributed by atoms with Gasteiger partial charge in [0, 0.05) is 27.6 Å². The topological polar surface area (TPSA) is 49.4 Å². The Morgan fingerprint density at radius 1 is 1.14 bits per heavy atom. The Labute approximate surface area is 184 Å². The molecule has 150 valence electrons. The van der Waals surface area contributed by atoms with Crippen molar-refractivity contribution in [2.45, 2.75) is 39.3 Å².